The van der Waals surface area contributed by atoms with Crippen molar-refractivity contribution in [3.05, 3.63) is 28.8 Å². The first-order chi connectivity index (χ1) is 11.1. The van der Waals surface area contributed by atoms with E-state index in [1.54, 1.807) is 0 Å². The molecule has 6 nitrogen and oxygen atoms in total. The zero-order chi connectivity index (χ0) is 18.3. The molecule has 24 heavy (non-hydrogen) atoms. The molecule has 0 saturated heterocycles. The Morgan fingerprint density at radius 3 is 2.54 bits per heavy atom. The summed E-state index contributed by atoms with van der Waals surface area (Å²) in [7, 11) is 0. The van der Waals surface area contributed by atoms with Crippen molar-refractivity contribution in [2.45, 2.75) is 52.7 Å². The minimum Gasteiger partial charge on any atom is -0.489 e. The monoisotopic (exact) mass is 336 g/mol. The Balaban J connectivity index is 2.69. The molecule has 0 aliphatic rings. The van der Waals surface area contributed by atoms with E-state index in [4.69, 9.17) is 16.2 Å². The topological polar surface area (TPSA) is 106 Å². The van der Waals surface area contributed by atoms with Gasteiger partial charge in [0.05, 0.1) is 6.54 Å². The highest BCUT2D eigenvalue weighted by Gasteiger charge is 2.18. The highest BCUT2D eigenvalue weighted by atomic mass is 16.5. The van der Waals surface area contributed by atoms with Crippen LogP contribution in [0.4, 0.5) is 0 Å². The molecule has 6 heteroatoms. The molecule has 1 atom stereocenters. The molecular weight excluding hydrogens is 304 g/mol. The second-order valence-electron chi connectivity index (χ2n) is 6.97. The van der Waals surface area contributed by atoms with Crippen LogP contribution in [0.2, 0.25) is 0 Å². The summed E-state index contributed by atoms with van der Waals surface area (Å²) in [4.78, 5) is 3.85. The van der Waals surface area contributed by atoms with Gasteiger partial charge in [-0.05, 0) is 35.4 Å². The fourth-order valence-corrected chi connectivity index (χ4v) is 2.39. The van der Waals surface area contributed by atoms with Gasteiger partial charge in [0.2, 0.25) is 0 Å². The number of benzene rings is 1. The summed E-state index contributed by atoms with van der Waals surface area (Å²) >= 11 is 0. The van der Waals surface area contributed by atoms with Gasteiger partial charge in [-0.25, -0.2) is 0 Å². The molecule has 1 aromatic carbocycles. The van der Waals surface area contributed by atoms with Gasteiger partial charge in [0.25, 0.3) is 0 Å². The molecule has 0 aliphatic carbocycles. The molecule has 0 aliphatic heterocycles. The second-order valence-corrected chi connectivity index (χ2v) is 6.97. The highest BCUT2D eigenvalue weighted by molar-refractivity contribution is 5.75. The number of aliphatic hydroxyl groups excluding tert-OH is 1. The number of rotatable bonds is 8. The third-order valence-corrected chi connectivity index (χ3v) is 3.77. The predicted octanol–water partition coefficient (Wildman–Crippen LogP) is 1.42. The summed E-state index contributed by atoms with van der Waals surface area (Å²) in [6, 6.07) is 4.36. The Bertz CT molecular complexity index is 561. The molecule has 136 valence electrons. The number of hydrogen-bond donors (Lipinski definition) is 4. The normalized spacial score (nSPS) is 12.8. The first-order valence-electron chi connectivity index (χ1n) is 8.38. The molecule has 0 amide bonds. The predicted molar refractivity (Wildman–Crippen MR) is 99.4 cm³/mol. The number of nitrogens with one attached hydrogen (secondary N) is 1. The van der Waals surface area contributed by atoms with Gasteiger partial charge in [0, 0.05) is 6.54 Å². The van der Waals surface area contributed by atoms with Crippen molar-refractivity contribution in [1.29, 1.82) is 0 Å². The van der Waals surface area contributed by atoms with E-state index < -0.39 is 6.23 Å². The van der Waals surface area contributed by atoms with Gasteiger partial charge in [0.15, 0.2) is 5.96 Å². The number of hydrogen-bond acceptors (Lipinski definition) is 4. The lowest BCUT2D eigenvalue weighted by molar-refractivity contribution is 0.0793. The van der Waals surface area contributed by atoms with Crippen LogP contribution in [-0.2, 0) is 11.8 Å². The Labute approximate surface area is 145 Å². The van der Waals surface area contributed by atoms with Crippen LogP contribution in [0.3, 0.4) is 0 Å². The standard InChI is InChI=1S/C18H32N4O2/c1-6-13-10-14(18(3,4)5)9-12(2)16(13)24-11-15(23)21-7-8-22-17(19)20/h9-10,15,21,23H,6-8,11H2,1-5H3,(H4,19,20,22). The maximum Gasteiger partial charge on any atom is 0.185 e. The van der Waals surface area contributed by atoms with E-state index in [1.807, 2.05) is 6.92 Å². The molecule has 1 aromatic rings. The van der Waals surface area contributed by atoms with E-state index in [2.05, 4.69) is 50.1 Å². The zero-order valence-corrected chi connectivity index (χ0v) is 15.5. The smallest absolute Gasteiger partial charge is 0.185 e. The lowest BCUT2D eigenvalue weighted by Gasteiger charge is -2.23. The Morgan fingerprint density at radius 1 is 1.33 bits per heavy atom. The van der Waals surface area contributed by atoms with Crippen LogP contribution in [0.5, 0.6) is 5.75 Å². The quantitative estimate of drug-likeness (QED) is 0.249. The van der Waals surface area contributed by atoms with Gasteiger partial charge in [-0.3, -0.25) is 10.3 Å². The number of nitrogens with two attached hydrogens (primary N) is 2. The Hall–Kier alpha value is -1.79. The van der Waals surface area contributed by atoms with Gasteiger partial charge >= 0.3 is 0 Å². The van der Waals surface area contributed by atoms with Crippen molar-refractivity contribution in [1.82, 2.24) is 5.32 Å². The van der Waals surface area contributed by atoms with Crippen molar-refractivity contribution >= 4 is 5.96 Å². The first kappa shape index (κ1) is 20.3. The molecule has 0 fully saturated rings. The lowest BCUT2D eigenvalue weighted by Crippen LogP contribution is -2.36. The van der Waals surface area contributed by atoms with Gasteiger partial charge in [-0.2, -0.15) is 0 Å². The van der Waals surface area contributed by atoms with Crippen LogP contribution in [0.1, 0.15) is 44.4 Å². The fraction of sp³-hybridized carbons (Fsp3) is 0.611. The average molecular weight is 336 g/mol. The molecule has 1 rings (SSSR count). The number of aliphatic hydroxyl groups is 1. The number of ether oxygens (including phenoxy) is 1. The van der Waals surface area contributed by atoms with Crippen LogP contribution < -0.4 is 21.5 Å². The molecule has 0 bridgehead atoms. The van der Waals surface area contributed by atoms with E-state index in [9.17, 15) is 5.11 Å². The highest BCUT2D eigenvalue weighted by Crippen LogP contribution is 2.31. The van der Waals surface area contributed by atoms with Gasteiger partial charge < -0.3 is 21.3 Å². The maximum absolute atomic E-state index is 9.97. The Morgan fingerprint density at radius 2 is 2.00 bits per heavy atom. The van der Waals surface area contributed by atoms with Crippen molar-refractivity contribution in [2.24, 2.45) is 16.5 Å². The van der Waals surface area contributed by atoms with Crippen molar-refractivity contribution in [3.8, 4) is 5.75 Å². The average Bonchev–Trinajstić information content (AvgIpc) is 2.48. The molecule has 0 heterocycles. The largest absolute Gasteiger partial charge is 0.489 e. The van der Waals surface area contributed by atoms with E-state index in [1.165, 1.54) is 5.56 Å². The molecule has 0 saturated carbocycles. The number of aliphatic imine (C=N–C) groups is 1. The number of guanidine groups is 1. The summed E-state index contributed by atoms with van der Waals surface area (Å²) in [5.74, 6) is 0.903. The molecule has 0 radical (unpaired) electrons. The van der Waals surface area contributed by atoms with E-state index >= 15 is 0 Å². The van der Waals surface area contributed by atoms with Crippen molar-refractivity contribution in [2.75, 3.05) is 19.7 Å². The second kappa shape index (κ2) is 8.89. The van der Waals surface area contributed by atoms with Gasteiger partial charge in [-0.1, -0.05) is 39.8 Å². The van der Waals surface area contributed by atoms with Crippen LogP contribution in [0.25, 0.3) is 0 Å². The summed E-state index contributed by atoms with van der Waals surface area (Å²) in [6.07, 6.45) is 0.110. The van der Waals surface area contributed by atoms with Crippen molar-refractivity contribution in [3.63, 3.8) is 0 Å². The van der Waals surface area contributed by atoms with Crippen molar-refractivity contribution < 1.29 is 9.84 Å². The zero-order valence-electron chi connectivity index (χ0n) is 15.5. The third kappa shape index (κ3) is 6.37. The third-order valence-electron chi connectivity index (χ3n) is 3.77. The van der Waals surface area contributed by atoms with Crippen LogP contribution in [-0.4, -0.2) is 37.0 Å². The van der Waals surface area contributed by atoms with Crippen LogP contribution in [0, 0.1) is 6.92 Å². The summed E-state index contributed by atoms with van der Waals surface area (Å²) in [5, 5.41) is 12.9. The van der Waals surface area contributed by atoms with E-state index in [0.717, 1.165) is 23.3 Å². The number of nitrogens with zero attached hydrogens (tertiary/aromatic N) is 1. The molecule has 0 aromatic heterocycles. The van der Waals surface area contributed by atoms with Crippen LogP contribution in [0.15, 0.2) is 17.1 Å². The molecule has 1 unspecified atom stereocenters. The Kier molecular flexibility index (Phi) is 7.51. The maximum atomic E-state index is 9.97. The summed E-state index contributed by atoms with van der Waals surface area (Å²) in [6.45, 7) is 11.8. The lowest BCUT2D eigenvalue weighted by atomic mass is 9.84. The number of aryl methyl sites for hydroxylation is 2. The molecule has 6 N–H and O–H groups in total. The SMILES string of the molecule is CCc1cc(C(C)(C)C)cc(C)c1OCC(O)NCCN=C(N)N. The minimum absolute atomic E-state index is 0.0460. The summed E-state index contributed by atoms with van der Waals surface area (Å²) in [5.41, 5.74) is 14.1. The van der Waals surface area contributed by atoms with Crippen LogP contribution >= 0.6 is 0 Å². The van der Waals surface area contributed by atoms with E-state index in [0.29, 0.717) is 13.1 Å². The molecular formula is C18H32N4O2. The first-order valence-corrected chi connectivity index (χ1v) is 8.38. The summed E-state index contributed by atoms with van der Waals surface area (Å²) < 4.78 is 5.87. The van der Waals surface area contributed by atoms with Gasteiger partial charge in [-0.15, -0.1) is 0 Å². The minimum atomic E-state index is -0.773. The van der Waals surface area contributed by atoms with Gasteiger partial charge in [0.1, 0.15) is 18.6 Å². The van der Waals surface area contributed by atoms with E-state index in [-0.39, 0.29) is 18.0 Å². The molecule has 0 spiro atoms. The fourth-order valence-electron chi connectivity index (χ4n) is 2.39.